The smallest absolute Gasteiger partial charge is 0.363 e. The molecule has 2 amide bonds. The van der Waals surface area contributed by atoms with Gasteiger partial charge < -0.3 is 19.0 Å². The first-order valence-electron chi connectivity index (χ1n) is 17.4. The Bertz CT molecular complexity index is 2430. The predicted molar refractivity (Wildman–Crippen MR) is 200 cm³/mol. The lowest BCUT2D eigenvalue weighted by Crippen LogP contribution is -2.44. The van der Waals surface area contributed by atoms with Crippen molar-refractivity contribution in [2.24, 2.45) is 0 Å². The fourth-order valence-electron chi connectivity index (χ4n) is 6.41. The van der Waals surface area contributed by atoms with Crippen molar-refractivity contribution in [3.8, 4) is 17.2 Å². The van der Waals surface area contributed by atoms with Crippen LogP contribution in [0, 0.1) is 13.8 Å². The number of ether oxygens (including phenoxy) is 3. The SMILES string of the molecule is COc1ccc2c(c1)c(C(=O)Oc1c(C)cc(C(=O)ON3C(=O)CCC3=O)cc1C)c1cc(OC[N+](C)(C)CCCS(=O)(=O)O)ccc1[n+]2CCCS(=O)(=O)O. The van der Waals surface area contributed by atoms with E-state index in [2.05, 4.69) is 0 Å². The van der Waals surface area contributed by atoms with Crippen molar-refractivity contribution in [3.63, 3.8) is 0 Å². The number of benzene rings is 3. The van der Waals surface area contributed by atoms with Crippen LogP contribution in [-0.2, 0) is 41.2 Å². The van der Waals surface area contributed by atoms with Gasteiger partial charge in [0.25, 0.3) is 32.1 Å². The molecule has 0 atom stereocenters. The Morgan fingerprint density at radius 1 is 0.804 bits per heavy atom. The molecule has 17 nitrogen and oxygen atoms in total. The molecule has 0 saturated carbocycles. The zero-order valence-electron chi connectivity index (χ0n) is 31.4. The summed E-state index contributed by atoms with van der Waals surface area (Å²) >= 11 is 0. The van der Waals surface area contributed by atoms with Gasteiger partial charge in [-0.15, -0.1) is 5.06 Å². The van der Waals surface area contributed by atoms with Crippen LogP contribution in [0.1, 0.15) is 57.5 Å². The monoisotopic (exact) mass is 817 g/mol. The first-order chi connectivity index (χ1) is 26.2. The van der Waals surface area contributed by atoms with E-state index in [-0.39, 0.29) is 60.3 Å². The molecule has 1 aliphatic heterocycles. The number of esters is 1. The highest BCUT2D eigenvalue weighted by Gasteiger charge is 2.34. The Balaban J connectivity index is 1.57. The zero-order valence-corrected chi connectivity index (χ0v) is 33.1. The van der Waals surface area contributed by atoms with Crippen molar-refractivity contribution < 1.29 is 73.2 Å². The number of hydroxylamine groups is 2. The molecule has 5 rings (SSSR count). The molecule has 300 valence electrons. The number of imide groups is 1. The van der Waals surface area contributed by atoms with Crippen LogP contribution in [0.5, 0.6) is 17.2 Å². The molecule has 1 aromatic heterocycles. The molecule has 0 radical (unpaired) electrons. The molecular formula is C37H43N3O14S2+2. The molecule has 2 N–H and O–H groups in total. The highest BCUT2D eigenvalue weighted by molar-refractivity contribution is 7.86. The number of hydrogen-bond donors (Lipinski definition) is 2. The predicted octanol–water partition coefficient (Wildman–Crippen LogP) is 3.31. The fourth-order valence-corrected chi connectivity index (χ4v) is 7.40. The minimum absolute atomic E-state index is 0.0136. The molecule has 4 aromatic rings. The summed E-state index contributed by atoms with van der Waals surface area (Å²) in [6, 6.07) is 12.8. The molecule has 56 heavy (non-hydrogen) atoms. The topological polar surface area (TPSA) is 221 Å². The quantitative estimate of drug-likeness (QED) is 0.0242. The van der Waals surface area contributed by atoms with Crippen LogP contribution in [0.3, 0.4) is 0 Å². The van der Waals surface area contributed by atoms with Crippen LogP contribution < -0.4 is 18.8 Å². The number of methoxy groups -OCH3 is 1. The van der Waals surface area contributed by atoms with Crippen LogP contribution in [0.15, 0.2) is 48.5 Å². The lowest BCUT2D eigenvalue weighted by molar-refractivity contribution is -0.905. The van der Waals surface area contributed by atoms with E-state index in [1.807, 2.05) is 14.1 Å². The second-order valence-corrected chi connectivity index (χ2v) is 17.2. The number of pyridine rings is 1. The zero-order chi connectivity index (χ0) is 41.2. The van der Waals surface area contributed by atoms with Gasteiger partial charge in [0.2, 0.25) is 17.8 Å². The van der Waals surface area contributed by atoms with Crippen molar-refractivity contribution >= 4 is 65.8 Å². The number of nitrogens with zero attached hydrogens (tertiary/aromatic N) is 3. The van der Waals surface area contributed by atoms with E-state index in [1.165, 1.54) is 19.2 Å². The van der Waals surface area contributed by atoms with Gasteiger partial charge >= 0.3 is 11.9 Å². The minimum atomic E-state index is -4.28. The van der Waals surface area contributed by atoms with Crippen LogP contribution >= 0.6 is 0 Å². The summed E-state index contributed by atoms with van der Waals surface area (Å²) in [5.41, 5.74) is 1.86. The first kappa shape index (κ1) is 41.9. The summed E-state index contributed by atoms with van der Waals surface area (Å²) in [5, 5.41) is 1.17. The largest absolute Gasteiger partial charge is 0.497 e. The van der Waals surface area contributed by atoms with E-state index in [1.54, 1.807) is 54.8 Å². The van der Waals surface area contributed by atoms with Crippen molar-refractivity contribution in [3.05, 3.63) is 70.8 Å². The second kappa shape index (κ2) is 16.5. The van der Waals surface area contributed by atoms with E-state index >= 15 is 0 Å². The summed E-state index contributed by atoms with van der Waals surface area (Å²) in [6.45, 7) is 3.77. The Labute approximate surface area is 323 Å². The fraction of sp³-hybridized carbons (Fsp3) is 0.378. The average Bonchev–Trinajstić information content (AvgIpc) is 3.42. The number of hydrogen-bond acceptors (Lipinski definition) is 12. The molecule has 2 heterocycles. The lowest BCUT2D eigenvalue weighted by Gasteiger charge is -2.29. The highest BCUT2D eigenvalue weighted by Crippen LogP contribution is 2.33. The molecule has 19 heteroatoms. The number of aryl methyl sites for hydroxylation is 3. The standard InChI is InChI=1S/C37H41N3O14S2/c1-23-18-25(36(43)54-39-32(41)12-13-33(39)42)19-24(2)35(23)53-37(44)34-28-20-26(51-5)8-10-30(28)38(14-6-16-55(45,46)47)31-11-9-27(21-29(31)34)52-22-40(3,4)15-7-17-56(48,49)50/h8-11,18-21H,6-7,12-17,22H2,1-5H3/p+2. The maximum absolute atomic E-state index is 14.5. The number of fused-ring (bicyclic) bond motifs is 2. The molecule has 3 aromatic carbocycles. The molecule has 0 unspecified atom stereocenters. The maximum atomic E-state index is 14.5. The molecule has 0 spiro atoms. The molecule has 0 bridgehead atoms. The average molecular weight is 818 g/mol. The summed E-state index contributed by atoms with van der Waals surface area (Å²) in [5.74, 6) is -3.06. The maximum Gasteiger partial charge on any atom is 0.363 e. The number of carbonyl (C=O) groups excluding carboxylic acids is 4. The first-order valence-corrected chi connectivity index (χ1v) is 20.6. The van der Waals surface area contributed by atoms with E-state index in [9.17, 15) is 40.6 Å². The van der Waals surface area contributed by atoms with Gasteiger partial charge in [-0.25, -0.2) is 9.59 Å². The van der Waals surface area contributed by atoms with Crippen molar-refractivity contribution in [2.75, 3.05) is 46.0 Å². The van der Waals surface area contributed by atoms with Crippen LogP contribution in [0.25, 0.3) is 21.8 Å². The van der Waals surface area contributed by atoms with Gasteiger partial charge in [0.05, 0.1) is 61.2 Å². The summed E-state index contributed by atoms with van der Waals surface area (Å²) in [7, 11) is -3.32. The molecule has 0 aliphatic carbocycles. The minimum Gasteiger partial charge on any atom is -0.497 e. The van der Waals surface area contributed by atoms with Gasteiger partial charge in [-0.3, -0.25) is 23.2 Å². The van der Waals surface area contributed by atoms with Gasteiger partial charge in [0, 0.05) is 37.8 Å². The Morgan fingerprint density at radius 2 is 1.34 bits per heavy atom. The third kappa shape index (κ3) is 10.1. The summed E-state index contributed by atoms with van der Waals surface area (Å²) in [6.07, 6.45) is 0.0784. The number of amides is 2. The third-order valence-corrected chi connectivity index (χ3v) is 10.7. The Hall–Kier alpha value is -5.21. The highest BCUT2D eigenvalue weighted by atomic mass is 32.2. The van der Waals surface area contributed by atoms with Gasteiger partial charge in [-0.05, 0) is 61.4 Å². The van der Waals surface area contributed by atoms with E-state index in [0.717, 1.165) is 0 Å². The van der Waals surface area contributed by atoms with Crippen molar-refractivity contribution in [2.45, 2.75) is 46.1 Å². The van der Waals surface area contributed by atoms with Crippen LogP contribution in [0.4, 0.5) is 0 Å². The number of aromatic nitrogens is 1. The number of quaternary nitrogens is 1. The van der Waals surface area contributed by atoms with E-state index < -0.39 is 55.5 Å². The third-order valence-electron chi connectivity index (χ3n) is 9.10. The van der Waals surface area contributed by atoms with Crippen molar-refractivity contribution in [1.29, 1.82) is 0 Å². The Morgan fingerprint density at radius 3 is 1.89 bits per heavy atom. The molecule has 1 fully saturated rings. The number of carbonyl (C=O) groups is 4. The van der Waals surface area contributed by atoms with Gasteiger partial charge in [0.1, 0.15) is 17.2 Å². The summed E-state index contributed by atoms with van der Waals surface area (Å²) in [4.78, 5) is 56.5. The molecule has 1 saturated heterocycles. The molecular weight excluding hydrogens is 775 g/mol. The van der Waals surface area contributed by atoms with Crippen LogP contribution in [0.2, 0.25) is 0 Å². The van der Waals surface area contributed by atoms with Gasteiger partial charge in [-0.2, -0.15) is 21.4 Å². The molecule has 1 aliphatic rings. The Kier molecular flexibility index (Phi) is 12.3. The normalized spacial score (nSPS) is 13.7. The summed E-state index contributed by atoms with van der Waals surface area (Å²) < 4.78 is 84.1. The number of rotatable bonds is 16. The van der Waals surface area contributed by atoms with Gasteiger partial charge in [-0.1, -0.05) is 0 Å². The van der Waals surface area contributed by atoms with Crippen LogP contribution in [-0.4, -0.2) is 105 Å². The second-order valence-electron chi connectivity index (χ2n) is 14.1. The van der Waals surface area contributed by atoms with E-state index in [0.29, 0.717) is 56.0 Å². The van der Waals surface area contributed by atoms with Gasteiger partial charge in [0.15, 0.2) is 6.54 Å². The van der Waals surface area contributed by atoms with Crippen molar-refractivity contribution in [1.82, 2.24) is 5.06 Å². The lowest BCUT2D eigenvalue weighted by atomic mass is 10.0. The van der Waals surface area contributed by atoms with E-state index in [4.69, 9.17) is 23.6 Å².